The number of phenols is 3. The molecule has 0 saturated heterocycles. The molecule has 0 bridgehead atoms. The summed E-state index contributed by atoms with van der Waals surface area (Å²) in [6, 6.07) is 6.64. The first-order chi connectivity index (χ1) is 13.7. The van der Waals surface area contributed by atoms with E-state index >= 15 is 0 Å². The maximum atomic E-state index is 12.4. The van der Waals surface area contributed by atoms with Gasteiger partial charge in [-0.15, -0.1) is 0 Å². The molecule has 2 aromatic carbocycles. The fourth-order valence-electron chi connectivity index (χ4n) is 2.83. The van der Waals surface area contributed by atoms with Gasteiger partial charge in [0.05, 0.1) is 12.5 Å². The van der Waals surface area contributed by atoms with E-state index in [0.717, 1.165) is 6.07 Å². The Hall–Kier alpha value is -3.62. The van der Waals surface area contributed by atoms with Gasteiger partial charge in [0.2, 0.25) is 6.79 Å². The summed E-state index contributed by atoms with van der Waals surface area (Å²) in [5, 5.41) is 29.5. The van der Waals surface area contributed by atoms with Crippen LogP contribution in [0.1, 0.15) is 42.3 Å². The number of carbonyl (C=O) groups is 2. The van der Waals surface area contributed by atoms with Crippen molar-refractivity contribution in [3.8, 4) is 28.7 Å². The largest absolute Gasteiger partial charge is 0.511 e. The normalized spacial score (nSPS) is 15.4. The van der Waals surface area contributed by atoms with Crippen molar-refractivity contribution in [3.05, 3.63) is 41.5 Å². The molecule has 3 N–H and O–H groups in total. The van der Waals surface area contributed by atoms with E-state index in [1.54, 1.807) is 19.9 Å². The van der Waals surface area contributed by atoms with Crippen LogP contribution in [0.4, 0.5) is 4.79 Å². The number of benzene rings is 2. The number of Topliss-reactive ketones (excluding diaryl/α,β-unsaturated/α-hetero) is 1. The van der Waals surface area contributed by atoms with Crippen molar-refractivity contribution in [2.45, 2.75) is 32.5 Å². The van der Waals surface area contributed by atoms with Crippen LogP contribution in [0.15, 0.2) is 30.3 Å². The van der Waals surface area contributed by atoms with Crippen LogP contribution < -0.4 is 9.47 Å². The molecule has 154 valence electrons. The molecule has 0 fully saturated rings. The van der Waals surface area contributed by atoms with Gasteiger partial charge in [0.25, 0.3) is 0 Å². The highest BCUT2D eigenvalue weighted by Crippen LogP contribution is 2.42. The van der Waals surface area contributed by atoms with E-state index in [1.165, 1.54) is 18.2 Å². The van der Waals surface area contributed by atoms with E-state index in [-0.39, 0.29) is 52.6 Å². The zero-order chi connectivity index (χ0) is 21.1. The number of hydrogen-bond donors (Lipinski definition) is 3. The number of ether oxygens (including phenoxy) is 4. The average Bonchev–Trinajstić information content (AvgIpc) is 2.61. The number of rotatable bonds is 5. The highest BCUT2D eigenvalue weighted by Gasteiger charge is 2.31. The minimum Gasteiger partial charge on any atom is -0.508 e. The van der Waals surface area contributed by atoms with Crippen LogP contribution in [0.5, 0.6) is 28.7 Å². The van der Waals surface area contributed by atoms with Crippen LogP contribution in [-0.2, 0) is 9.47 Å². The molecular weight excluding hydrogens is 384 g/mol. The predicted molar refractivity (Wildman–Crippen MR) is 98.4 cm³/mol. The monoisotopic (exact) mass is 404 g/mol. The summed E-state index contributed by atoms with van der Waals surface area (Å²) in [4.78, 5) is 23.8. The molecule has 3 rings (SSSR count). The highest BCUT2D eigenvalue weighted by atomic mass is 16.8. The van der Waals surface area contributed by atoms with Crippen molar-refractivity contribution < 1.29 is 43.9 Å². The Morgan fingerprint density at radius 1 is 1.17 bits per heavy atom. The summed E-state index contributed by atoms with van der Waals surface area (Å²) < 4.78 is 20.6. The molecule has 29 heavy (non-hydrogen) atoms. The van der Waals surface area contributed by atoms with Crippen molar-refractivity contribution in [2.24, 2.45) is 0 Å². The Balaban J connectivity index is 1.74. The van der Waals surface area contributed by atoms with Crippen molar-refractivity contribution in [2.75, 3.05) is 6.79 Å². The predicted octanol–water partition coefficient (Wildman–Crippen LogP) is 3.41. The van der Waals surface area contributed by atoms with Crippen LogP contribution in [0.2, 0.25) is 0 Å². The van der Waals surface area contributed by atoms with E-state index in [0.29, 0.717) is 5.56 Å². The third-order valence-electron chi connectivity index (χ3n) is 4.06. The van der Waals surface area contributed by atoms with Crippen molar-refractivity contribution >= 4 is 11.9 Å². The summed E-state index contributed by atoms with van der Waals surface area (Å²) >= 11 is 0. The van der Waals surface area contributed by atoms with Gasteiger partial charge >= 0.3 is 6.16 Å². The number of ketones is 1. The van der Waals surface area contributed by atoms with Crippen LogP contribution in [0.25, 0.3) is 0 Å². The minimum absolute atomic E-state index is 0.00590. The second-order valence-corrected chi connectivity index (χ2v) is 6.62. The van der Waals surface area contributed by atoms with Gasteiger partial charge in [-0.3, -0.25) is 4.79 Å². The molecule has 9 nitrogen and oxygen atoms in total. The van der Waals surface area contributed by atoms with E-state index in [1.807, 2.05) is 0 Å². The topological polar surface area (TPSA) is 132 Å². The first kappa shape index (κ1) is 20.1. The summed E-state index contributed by atoms with van der Waals surface area (Å²) in [5.74, 6) is -1.09. The van der Waals surface area contributed by atoms with Crippen molar-refractivity contribution in [1.29, 1.82) is 0 Å². The summed E-state index contributed by atoms with van der Waals surface area (Å²) in [5.41, 5.74) is 0.510. The lowest BCUT2D eigenvalue weighted by molar-refractivity contribution is -0.00896. The van der Waals surface area contributed by atoms with Crippen molar-refractivity contribution in [1.82, 2.24) is 0 Å². The highest BCUT2D eigenvalue weighted by molar-refractivity contribution is 6.02. The smallest absolute Gasteiger partial charge is 0.508 e. The average molecular weight is 404 g/mol. The fraction of sp³-hybridized carbons (Fsp3) is 0.300. The second kappa shape index (κ2) is 8.17. The standard InChI is InChI=1S/C20H20O9/c1-10(2)28-20(25)27-9-26-17-5-11(3-4-13(17)22)16-8-15(24)19-14(23)6-12(21)7-18(19)29-16/h3-7,10,16,21-23H,8-9H2,1-2H3. The zero-order valence-corrected chi connectivity index (χ0v) is 15.7. The third-order valence-corrected chi connectivity index (χ3v) is 4.06. The zero-order valence-electron chi connectivity index (χ0n) is 15.7. The van der Waals surface area contributed by atoms with Gasteiger partial charge in [0.1, 0.15) is 28.9 Å². The van der Waals surface area contributed by atoms with Gasteiger partial charge in [-0.1, -0.05) is 6.07 Å². The number of aromatic hydroxyl groups is 3. The Labute approximate surface area is 166 Å². The summed E-state index contributed by atoms with van der Waals surface area (Å²) in [6.45, 7) is 2.85. The van der Waals surface area contributed by atoms with Gasteiger partial charge in [-0.05, 0) is 31.5 Å². The van der Waals surface area contributed by atoms with Crippen LogP contribution in [0, 0.1) is 0 Å². The quantitative estimate of drug-likeness (QED) is 0.506. The van der Waals surface area contributed by atoms with Gasteiger partial charge in [0, 0.05) is 12.1 Å². The molecule has 0 radical (unpaired) electrons. The molecule has 0 spiro atoms. The molecule has 1 aliphatic heterocycles. The number of phenolic OH excluding ortho intramolecular Hbond substituents is 3. The summed E-state index contributed by atoms with van der Waals surface area (Å²) in [6.07, 6.45) is -2.05. The van der Waals surface area contributed by atoms with Crippen LogP contribution in [-0.4, -0.2) is 40.2 Å². The molecule has 0 saturated carbocycles. The first-order valence-corrected chi connectivity index (χ1v) is 8.79. The minimum atomic E-state index is -0.909. The van der Waals surface area contributed by atoms with Gasteiger partial charge < -0.3 is 34.3 Å². The van der Waals surface area contributed by atoms with Crippen LogP contribution >= 0.6 is 0 Å². The third kappa shape index (κ3) is 4.63. The van der Waals surface area contributed by atoms with E-state index in [4.69, 9.17) is 18.9 Å². The van der Waals surface area contributed by atoms with E-state index in [9.17, 15) is 24.9 Å². The SMILES string of the molecule is CC(C)OC(=O)OCOc1cc(C2CC(=O)c3c(O)cc(O)cc3O2)ccc1O. The van der Waals surface area contributed by atoms with E-state index in [2.05, 4.69) is 0 Å². The number of carbonyl (C=O) groups excluding carboxylic acids is 2. The molecule has 0 amide bonds. The molecule has 1 heterocycles. The molecule has 0 aliphatic carbocycles. The lowest BCUT2D eigenvalue weighted by Crippen LogP contribution is -2.20. The number of fused-ring (bicyclic) bond motifs is 1. The molecule has 1 aliphatic rings. The molecule has 0 aromatic heterocycles. The van der Waals surface area contributed by atoms with Gasteiger partial charge in [0.15, 0.2) is 17.3 Å². The van der Waals surface area contributed by atoms with Crippen molar-refractivity contribution in [3.63, 3.8) is 0 Å². The van der Waals surface area contributed by atoms with Gasteiger partial charge in [-0.2, -0.15) is 0 Å². The molecule has 1 atom stereocenters. The maximum absolute atomic E-state index is 12.4. The summed E-state index contributed by atoms with van der Waals surface area (Å²) in [7, 11) is 0. The lowest BCUT2D eigenvalue weighted by Gasteiger charge is -2.26. The Kier molecular flexibility index (Phi) is 5.67. The second-order valence-electron chi connectivity index (χ2n) is 6.62. The Morgan fingerprint density at radius 2 is 1.93 bits per heavy atom. The lowest BCUT2D eigenvalue weighted by atomic mass is 9.95. The first-order valence-electron chi connectivity index (χ1n) is 8.79. The van der Waals surface area contributed by atoms with E-state index < -0.39 is 19.1 Å². The number of hydrogen-bond acceptors (Lipinski definition) is 9. The molecule has 2 aromatic rings. The maximum Gasteiger partial charge on any atom is 0.511 e. The molecular formula is C20H20O9. The van der Waals surface area contributed by atoms with Gasteiger partial charge in [-0.25, -0.2) is 4.79 Å². The Bertz CT molecular complexity index is 936. The molecule has 9 heteroatoms. The van der Waals surface area contributed by atoms with Crippen LogP contribution in [0.3, 0.4) is 0 Å². The molecule has 1 unspecified atom stereocenters. The fourth-order valence-corrected chi connectivity index (χ4v) is 2.83. The Morgan fingerprint density at radius 3 is 2.66 bits per heavy atom.